The van der Waals surface area contributed by atoms with Gasteiger partial charge in [0.25, 0.3) is 5.91 Å². The minimum absolute atomic E-state index is 0.0117. The van der Waals surface area contributed by atoms with Gasteiger partial charge in [-0.25, -0.2) is 0 Å². The van der Waals surface area contributed by atoms with Gasteiger partial charge in [0, 0.05) is 30.9 Å². The molecule has 5 nitrogen and oxygen atoms in total. The van der Waals surface area contributed by atoms with Crippen LogP contribution in [0.5, 0.6) is 0 Å². The average molecular weight is 444 g/mol. The van der Waals surface area contributed by atoms with Crippen molar-refractivity contribution in [2.45, 2.75) is 52.4 Å². The third-order valence-electron chi connectivity index (χ3n) is 5.13. The number of nitrogens with zero attached hydrogens (tertiary/aromatic N) is 3. The van der Waals surface area contributed by atoms with Crippen LogP contribution in [0.4, 0.5) is 13.2 Å². The highest BCUT2D eigenvalue weighted by molar-refractivity contribution is 6.30. The Morgan fingerprint density at radius 2 is 1.97 bits per heavy atom. The van der Waals surface area contributed by atoms with Gasteiger partial charge in [-0.1, -0.05) is 11.6 Å². The zero-order valence-corrected chi connectivity index (χ0v) is 18.4. The van der Waals surface area contributed by atoms with E-state index in [0.717, 1.165) is 4.57 Å². The Labute approximate surface area is 178 Å². The number of aromatic nitrogens is 2. The number of amides is 1. The van der Waals surface area contributed by atoms with Crippen molar-refractivity contribution in [2.75, 3.05) is 19.7 Å². The molecule has 0 saturated carbocycles. The molecule has 0 unspecified atom stereocenters. The quantitative estimate of drug-likeness (QED) is 0.641. The van der Waals surface area contributed by atoms with E-state index in [4.69, 9.17) is 16.3 Å². The summed E-state index contributed by atoms with van der Waals surface area (Å²) in [4.78, 5) is 19.4. The lowest BCUT2D eigenvalue weighted by molar-refractivity contribution is -0.144. The Hall–Kier alpha value is -2.06. The number of carbonyl (C=O) groups excluding carboxylic acids is 1. The first-order chi connectivity index (χ1) is 13.8. The van der Waals surface area contributed by atoms with E-state index in [1.54, 1.807) is 24.8 Å². The molecule has 1 aliphatic rings. The highest BCUT2D eigenvalue weighted by Crippen LogP contribution is 2.42. The third kappa shape index (κ3) is 4.21. The maximum Gasteiger partial charge on any atom is 0.431 e. The SMILES string of the molecule is Cc1c(-c2ccc(Cl)cn2)c(C(=O)N2CCOC(C)(C)C2)n(C(C)C)c1C(F)(F)F. The van der Waals surface area contributed by atoms with Crippen molar-refractivity contribution in [3.63, 3.8) is 0 Å². The molecule has 30 heavy (non-hydrogen) atoms. The van der Waals surface area contributed by atoms with Crippen LogP contribution in [0.2, 0.25) is 5.02 Å². The predicted molar refractivity (Wildman–Crippen MR) is 109 cm³/mol. The summed E-state index contributed by atoms with van der Waals surface area (Å²) >= 11 is 5.92. The minimum Gasteiger partial charge on any atom is -0.372 e. The largest absolute Gasteiger partial charge is 0.431 e. The Morgan fingerprint density at radius 1 is 1.30 bits per heavy atom. The van der Waals surface area contributed by atoms with Crippen molar-refractivity contribution in [3.8, 4) is 11.3 Å². The normalized spacial score (nSPS) is 16.9. The van der Waals surface area contributed by atoms with E-state index in [1.165, 1.54) is 19.2 Å². The fourth-order valence-electron chi connectivity index (χ4n) is 3.96. The number of morpholine rings is 1. The first-order valence-corrected chi connectivity index (χ1v) is 10.1. The number of halogens is 4. The van der Waals surface area contributed by atoms with Crippen LogP contribution >= 0.6 is 11.6 Å². The minimum atomic E-state index is -4.63. The van der Waals surface area contributed by atoms with Crippen molar-refractivity contribution in [3.05, 3.63) is 40.3 Å². The zero-order valence-electron chi connectivity index (χ0n) is 17.6. The van der Waals surface area contributed by atoms with Crippen LogP contribution in [0, 0.1) is 6.92 Å². The van der Waals surface area contributed by atoms with Crippen molar-refractivity contribution in [1.29, 1.82) is 0 Å². The fraction of sp³-hybridized carbons (Fsp3) is 0.524. The van der Waals surface area contributed by atoms with Gasteiger partial charge >= 0.3 is 6.18 Å². The summed E-state index contributed by atoms with van der Waals surface area (Å²) in [7, 11) is 0. The molecule has 0 spiro atoms. The molecule has 0 atom stereocenters. The molecule has 0 aliphatic carbocycles. The van der Waals surface area contributed by atoms with Crippen molar-refractivity contribution in [2.24, 2.45) is 0 Å². The smallest absolute Gasteiger partial charge is 0.372 e. The van der Waals surface area contributed by atoms with Gasteiger partial charge in [-0.15, -0.1) is 0 Å². The van der Waals surface area contributed by atoms with E-state index in [2.05, 4.69) is 4.98 Å². The molecule has 0 radical (unpaired) electrons. The summed E-state index contributed by atoms with van der Waals surface area (Å²) in [6, 6.07) is 2.50. The van der Waals surface area contributed by atoms with E-state index >= 15 is 0 Å². The predicted octanol–water partition coefficient (Wildman–Crippen LogP) is 5.36. The molecule has 3 rings (SSSR count). The molecule has 1 fully saturated rings. The zero-order chi connectivity index (χ0) is 22.4. The van der Waals surface area contributed by atoms with Gasteiger partial charge in [0.2, 0.25) is 0 Å². The van der Waals surface area contributed by atoms with Crippen LogP contribution in [-0.2, 0) is 10.9 Å². The Balaban J connectivity index is 2.28. The maximum atomic E-state index is 14.1. The molecule has 1 aliphatic heterocycles. The molecule has 3 heterocycles. The van der Waals surface area contributed by atoms with Crippen LogP contribution in [0.3, 0.4) is 0 Å². The highest BCUT2D eigenvalue weighted by Gasteiger charge is 2.43. The molecule has 9 heteroatoms. The van der Waals surface area contributed by atoms with E-state index in [9.17, 15) is 18.0 Å². The first kappa shape index (κ1) is 22.6. The number of hydrogen-bond acceptors (Lipinski definition) is 3. The van der Waals surface area contributed by atoms with Gasteiger partial charge in [-0.2, -0.15) is 13.2 Å². The van der Waals surface area contributed by atoms with Gasteiger partial charge in [0.1, 0.15) is 11.4 Å². The van der Waals surface area contributed by atoms with Crippen molar-refractivity contribution >= 4 is 17.5 Å². The number of alkyl halides is 3. The Bertz CT molecular complexity index is 950. The molecule has 2 aromatic heterocycles. The molecule has 2 aromatic rings. The van der Waals surface area contributed by atoms with E-state index in [-0.39, 0.29) is 29.1 Å². The monoisotopic (exact) mass is 443 g/mol. The number of rotatable bonds is 3. The summed E-state index contributed by atoms with van der Waals surface area (Å²) in [5, 5.41) is 0.360. The van der Waals surface area contributed by atoms with E-state index in [1.807, 2.05) is 13.8 Å². The van der Waals surface area contributed by atoms with E-state index < -0.39 is 29.4 Å². The summed E-state index contributed by atoms with van der Waals surface area (Å²) < 4.78 is 48.9. The van der Waals surface area contributed by atoms with Gasteiger partial charge in [0.15, 0.2) is 0 Å². The third-order valence-corrected chi connectivity index (χ3v) is 5.36. The van der Waals surface area contributed by atoms with Gasteiger partial charge in [-0.05, 0) is 52.3 Å². The lowest BCUT2D eigenvalue weighted by Crippen LogP contribution is -2.51. The maximum absolute atomic E-state index is 14.1. The van der Waals surface area contributed by atoms with Crippen LogP contribution in [0.25, 0.3) is 11.3 Å². The number of carbonyl (C=O) groups is 1. The second-order valence-electron chi connectivity index (χ2n) is 8.36. The van der Waals surface area contributed by atoms with Gasteiger partial charge in [0.05, 0.1) is 22.9 Å². The molecule has 0 N–H and O–H groups in total. The number of ether oxygens (including phenoxy) is 1. The molecule has 0 bridgehead atoms. The standard InChI is InChI=1S/C21H25ClF3N3O2/c1-12(2)28-17(19(29)27-8-9-30-20(4,5)11-27)16(13(3)18(28)21(23,24)25)15-7-6-14(22)10-26-15/h6-7,10,12H,8-9,11H2,1-5H3. The molecule has 0 aromatic carbocycles. The summed E-state index contributed by atoms with van der Waals surface area (Å²) in [5.41, 5.74) is -0.993. The summed E-state index contributed by atoms with van der Waals surface area (Å²) in [5.74, 6) is -0.467. The molecule has 1 saturated heterocycles. The Morgan fingerprint density at radius 3 is 2.47 bits per heavy atom. The molecular weight excluding hydrogens is 419 g/mol. The lowest BCUT2D eigenvalue weighted by atomic mass is 10.0. The number of pyridine rings is 1. The van der Waals surface area contributed by atoms with E-state index in [0.29, 0.717) is 18.2 Å². The van der Waals surface area contributed by atoms with Crippen molar-refractivity contribution < 1.29 is 22.7 Å². The van der Waals surface area contributed by atoms with Gasteiger partial charge < -0.3 is 14.2 Å². The molecule has 164 valence electrons. The van der Waals surface area contributed by atoms with Crippen LogP contribution in [0.1, 0.15) is 55.5 Å². The summed E-state index contributed by atoms with van der Waals surface area (Å²) in [6.07, 6.45) is -3.26. The Kier molecular flexibility index (Phi) is 5.95. The lowest BCUT2D eigenvalue weighted by Gasteiger charge is -2.38. The fourth-order valence-corrected chi connectivity index (χ4v) is 4.07. The van der Waals surface area contributed by atoms with Crippen LogP contribution in [0.15, 0.2) is 18.3 Å². The number of hydrogen-bond donors (Lipinski definition) is 0. The highest BCUT2D eigenvalue weighted by atomic mass is 35.5. The molecular formula is C21H25ClF3N3O2. The second-order valence-corrected chi connectivity index (χ2v) is 8.79. The average Bonchev–Trinajstić information content (AvgIpc) is 2.94. The van der Waals surface area contributed by atoms with Crippen LogP contribution < -0.4 is 0 Å². The molecule has 1 amide bonds. The second kappa shape index (κ2) is 7.89. The van der Waals surface area contributed by atoms with Gasteiger partial charge in [-0.3, -0.25) is 9.78 Å². The van der Waals surface area contributed by atoms with Crippen LogP contribution in [-0.4, -0.2) is 45.7 Å². The summed E-state index contributed by atoms with van der Waals surface area (Å²) in [6.45, 7) is 9.25. The topological polar surface area (TPSA) is 47.4 Å². The van der Waals surface area contributed by atoms with Crippen molar-refractivity contribution in [1.82, 2.24) is 14.5 Å². The first-order valence-electron chi connectivity index (χ1n) is 9.70.